The molecular formula is C12H9Cl2NO2S. The number of hydrogen-bond donors (Lipinski definition) is 2. The number of carbonyl (C=O) groups excluding carboxylic acids is 1. The lowest BCUT2D eigenvalue weighted by molar-refractivity contribution is 0.103. The summed E-state index contributed by atoms with van der Waals surface area (Å²) in [5.41, 5.74) is 0.237. The monoisotopic (exact) mass is 301 g/mol. The highest BCUT2D eigenvalue weighted by Gasteiger charge is 2.12. The van der Waals surface area contributed by atoms with Gasteiger partial charge in [0.05, 0.1) is 20.6 Å². The van der Waals surface area contributed by atoms with Crippen LogP contribution in [0.2, 0.25) is 10.0 Å². The molecule has 94 valence electrons. The fraction of sp³-hybridized carbons (Fsp3) is 0.0833. The van der Waals surface area contributed by atoms with Gasteiger partial charge in [-0.1, -0.05) is 23.2 Å². The van der Waals surface area contributed by atoms with E-state index in [9.17, 15) is 9.90 Å². The zero-order chi connectivity index (χ0) is 13.3. The van der Waals surface area contributed by atoms with E-state index in [1.165, 1.54) is 23.5 Å². The molecule has 0 unspecified atom stereocenters. The maximum atomic E-state index is 11.9. The lowest BCUT2D eigenvalue weighted by Crippen LogP contribution is -2.10. The van der Waals surface area contributed by atoms with Crippen LogP contribution >= 0.6 is 34.5 Å². The Morgan fingerprint density at radius 3 is 2.56 bits per heavy atom. The van der Waals surface area contributed by atoms with Crippen LogP contribution in [0.15, 0.2) is 24.3 Å². The maximum absolute atomic E-state index is 11.9. The van der Waals surface area contributed by atoms with Gasteiger partial charge in [-0.2, -0.15) is 0 Å². The van der Waals surface area contributed by atoms with E-state index in [1.807, 2.05) is 13.0 Å². The number of phenols is 1. The molecule has 3 nitrogen and oxygen atoms in total. The minimum atomic E-state index is -0.290. The van der Waals surface area contributed by atoms with Gasteiger partial charge in [-0.3, -0.25) is 4.79 Å². The molecule has 1 amide bonds. The first kappa shape index (κ1) is 13.2. The van der Waals surface area contributed by atoms with Gasteiger partial charge in [0.2, 0.25) is 0 Å². The molecule has 0 aliphatic rings. The van der Waals surface area contributed by atoms with Gasteiger partial charge in [-0.25, -0.2) is 0 Å². The highest BCUT2D eigenvalue weighted by Crippen LogP contribution is 2.33. The first-order valence-electron chi connectivity index (χ1n) is 5.03. The van der Waals surface area contributed by atoms with E-state index in [0.29, 0.717) is 4.88 Å². The van der Waals surface area contributed by atoms with Gasteiger partial charge in [0.25, 0.3) is 5.91 Å². The number of aromatic hydroxyl groups is 1. The Kier molecular flexibility index (Phi) is 3.80. The lowest BCUT2D eigenvalue weighted by Gasteiger charge is -2.07. The van der Waals surface area contributed by atoms with Gasteiger partial charge in [-0.15, -0.1) is 11.3 Å². The zero-order valence-electron chi connectivity index (χ0n) is 9.33. The molecular weight excluding hydrogens is 293 g/mol. The molecule has 1 aromatic heterocycles. The van der Waals surface area contributed by atoms with Crippen molar-refractivity contribution in [1.82, 2.24) is 0 Å². The Labute approximate surface area is 118 Å². The summed E-state index contributed by atoms with van der Waals surface area (Å²) in [7, 11) is 0. The average Bonchev–Trinajstić information content (AvgIpc) is 2.73. The fourth-order valence-electron chi connectivity index (χ4n) is 1.38. The summed E-state index contributed by atoms with van der Waals surface area (Å²) < 4.78 is 0. The molecule has 0 spiro atoms. The SMILES string of the molecule is Cc1ccc(C(=O)Nc2cc(Cl)c(Cl)cc2O)s1. The van der Waals surface area contributed by atoms with Crippen LogP contribution in [0.5, 0.6) is 5.75 Å². The van der Waals surface area contributed by atoms with Crippen molar-refractivity contribution in [2.75, 3.05) is 5.32 Å². The summed E-state index contributed by atoms with van der Waals surface area (Å²) >= 11 is 12.9. The van der Waals surface area contributed by atoms with Crippen molar-refractivity contribution in [3.63, 3.8) is 0 Å². The molecule has 2 aromatic rings. The van der Waals surface area contributed by atoms with E-state index in [-0.39, 0.29) is 27.4 Å². The third-order valence-electron chi connectivity index (χ3n) is 2.25. The highest BCUT2D eigenvalue weighted by molar-refractivity contribution is 7.14. The van der Waals surface area contributed by atoms with Crippen LogP contribution < -0.4 is 5.32 Å². The second-order valence-electron chi connectivity index (χ2n) is 3.65. The van der Waals surface area contributed by atoms with E-state index in [2.05, 4.69) is 5.32 Å². The van der Waals surface area contributed by atoms with Crippen LogP contribution in [0.25, 0.3) is 0 Å². The number of nitrogens with one attached hydrogen (secondary N) is 1. The molecule has 0 saturated carbocycles. The van der Waals surface area contributed by atoms with E-state index in [0.717, 1.165) is 4.88 Å². The van der Waals surface area contributed by atoms with Crippen molar-refractivity contribution in [1.29, 1.82) is 0 Å². The van der Waals surface area contributed by atoms with E-state index >= 15 is 0 Å². The molecule has 1 heterocycles. The topological polar surface area (TPSA) is 49.3 Å². The number of carbonyl (C=O) groups is 1. The van der Waals surface area contributed by atoms with Crippen molar-refractivity contribution >= 4 is 46.1 Å². The van der Waals surface area contributed by atoms with Crippen molar-refractivity contribution in [2.24, 2.45) is 0 Å². The van der Waals surface area contributed by atoms with Gasteiger partial charge in [0.15, 0.2) is 0 Å². The standard InChI is InChI=1S/C12H9Cl2NO2S/c1-6-2-3-11(18-6)12(17)15-9-4-7(13)8(14)5-10(9)16/h2-5,16H,1H3,(H,15,17). The van der Waals surface area contributed by atoms with Gasteiger partial charge >= 0.3 is 0 Å². The molecule has 2 rings (SSSR count). The first-order valence-corrected chi connectivity index (χ1v) is 6.60. The summed E-state index contributed by atoms with van der Waals surface area (Å²) in [6, 6.07) is 6.29. The summed E-state index contributed by atoms with van der Waals surface area (Å²) in [5, 5.41) is 12.8. The summed E-state index contributed by atoms with van der Waals surface area (Å²) in [4.78, 5) is 13.5. The molecule has 6 heteroatoms. The molecule has 0 aliphatic carbocycles. The van der Waals surface area contributed by atoms with Crippen molar-refractivity contribution < 1.29 is 9.90 Å². The minimum absolute atomic E-state index is 0.119. The number of phenolic OH excluding ortho intramolecular Hbond substituents is 1. The van der Waals surface area contributed by atoms with Gasteiger partial charge in [0.1, 0.15) is 5.75 Å². The van der Waals surface area contributed by atoms with Gasteiger partial charge < -0.3 is 10.4 Å². The Morgan fingerprint density at radius 1 is 1.28 bits per heavy atom. The summed E-state index contributed by atoms with van der Waals surface area (Å²) in [5.74, 6) is -0.409. The number of halogens is 2. The van der Waals surface area contributed by atoms with Crippen LogP contribution in [-0.4, -0.2) is 11.0 Å². The number of aryl methyl sites for hydroxylation is 1. The van der Waals surface area contributed by atoms with Gasteiger partial charge in [-0.05, 0) is 25.1 Å². The molecule has 0 saturated heterocycles. The number of rotatable bonds is 2. The zero-order valence-corrected chi connectivity index (χ0v) is 11.7. The van der Waals surface area contributed by atoms with E-state index in [4.69, 9.17) is 23.2 Å². The molecule has 0 radical (unpaired) electrons. The van der Waals surface area contributed by atoms with E-state index < -0.39 is 0 Å². The normalized spacial score (nSPS) is 10.4. The highest BCUT2D eigenvalue weighted by atomic mass is 35.5. The molecule has 18 heavy (non-hydrogen) atoms. The number of hydrogen-bond acceptors (Lipinski definition) is 3. The Morgan fingerprint density at radius 2 is 1.94 bits per heavy atom. The lowest BCUT2D eigenvalue weighted by atomic mass is 10.3. The number of amides is 1. The third kappa shape index (κ3) is 2.77. The smallest absolute Gasteiger partial charge is 0.265 e. The van der Waals surface area contributed by atoms with Crippen LogP contribution in [0.1, 0.15) is 14.5 Å². The van der Waals surface area contributed by atoms with Gasteiger partial charge in [0, 0.05) is 10.9 Å². The summed E-state index contributed by atoms with van der Waals surface area (Å²) in [6.45, 7) is 1.91. The van der Waals surface area contributed by atoms with Crippen molar-refractivity contribution in [2.45, 2.75) is 6.92 Å². The van der Waals surface area contributed by atoms with Crippen LogP contribution in [0.3, 0.4) is 0 Å². The number of thiophene rings is 1. The second-order valence-corrected chi connectivity index (χ2v) is 5.75. The second kappa shape index (κ2) is 5.18. The molecule has 2 N–H and O–H groups in total. The molecule has 0 atom stereocenters. The minimum Gasteiger partial charge on any atom is -0.506 e. The fourth-order valence-corrected chi connectivity index (χ4v) is 2.46. The number of anilines is 1. The maximum Gasteiger partial charge on any atom is 0.265 e. The third-order valence-corrected chi connectivity index (χ3v) is 3.97. The Balaban J connectivity index is 2.24. The molecule has 0 fully saturated rings. The van der Waals surface area contributed by atoms with Crippen molar-refractivity contribution in [3.8, 4) is 5.75 Å². The van der Waals surface area contributed by atoms with Crippen LogP contribution in [-0.2, 0) is 0 Å². The molecule has 0 bridgehead atoms. The summed E-state index contributed by atoms with van der Waals surface area (Å²) in [6.07, 6.45) is 0. The molecule has 0 aliphatic heterocycles. The van der Waals surface area contributed by atoms with E-state index in [1.54, 1.807) is 6.07 Å². The largest absolute Gasteiger partial charge is 0.506 e. The average molecular weight is 302 g/mol. The predicted octanol–water partition coefficient (Wildman–Crippen LogP) is 4.32. The quantitative estimate of drug-likeness (QED) is 0.812. The predicted molar refractivity (Wildman–Crippen MR) is 75.1 cm³/mol. The Hall–Kier alpha value is -1.23. The van der Waals surface area contributed by atoms with Crippen LogP contribution in [0, 0.1) is 6.92 Å². The first-order chi connectivity index (χ1) is 8.47. The number of benzene rings is 1. The van der Waals surface area contributed by atoms with Crippen molar-refractivity contribution in [3.05, 3.63) is 44.1 Å². The van der Waals surface area contributed by atoms with Crippen LogP contribution in [0.4, 0.5) is 5.69 Å². The Bertz CT molecular complexity index is 610. The molecule has 1 aromatic carbocycles.